The minimum Gasteiger partial charge on any atom is -0.352 e. The van der Waals surface area contributed by atoms with Crippen LogP contribution in [0.4, 0.5) is 5.95 Å². The average molecular weight is 259 g/mol. The number of carbonyl (C=O) groups is 1. The quantitative estimate of drug-likeness (QED) is 0.657. The third kappa shape index (κ3) is 3.91. The number of H-pyrrole nitrogens is 1. The van der Waals surface area contributed by atoms with Crippen molar-refractivity contribution < 1.29 is 4.79 Å². The lowest BCUT2D eigenvalue weighted by Crippen LogP contribution is -2.29. The van der Waals surface area contributed by atoms with Crippen molar-refractivity contribution in [1.82, 2.24) is 20.3 Å². The Morgan fingerprint density at radius 1 is 1.21 bits per heavy atom. The minimum absolute atomic E-state index is 0.237. The Bertz CT molecular complexity index is 576. The third-order valence-electron chi connectivity index (χ3n) is 2.31. The molecule has 0 aliphatic rings. The molecule has 19 heavy (non-hydrogen) atoms. The second-order valence-corrected chi connectivity index (χ2v) is 3.70. The Labute approximate surface area is 109 Å². The average Bonchev–Trinajstić information content (AvgIpc) is 2.45. The summed E-state index contributed by atoms with van der Waals surface area (Å²) in [7, 11) is 0. The molecule has 7 heteroatoms. The van der Waals surface area contributed by atoms with Gasteiger partial charge in [-0.05, 0) is 12.1 Å². The SMILES string of the molecule is O=C(NCCNc1ncccn1)c1ccc(=O)[nH]c1. The van der Waals surface area contributed by atoms with Crippen molar-refractivity contribution in [2.45, 2.75) is 0 Å². The van der Waals surface area contributed by atoms with Crippen molar-refractivity contribution in [2.24, 2.45) is 0 Å². The lowest BCUT2D eigenvalue weighted by Gasteiger charge is -2.06. The zero-order chi connectivity index (χ0) is 13.5. The summed E-state index contributed by atoms with van der Waals surface area (Å²) < 4.78 is 0. The number of nitrogens with one attached hydrogen (secondary N) is 3. The molecule has 0 atom stereocenters. The Morgan fingerprint density at radius 2 is 2.00 bits per heavy atom. The van der Waals surface area contributed by atoms with E-state index in [1.165, 1.54) is 18.3 Å². The first-order valence-corrected chi connectivity index (χ1v) is 5.73. The number of carbonyl (C=O) groups excluding carboxylic acids is 1. The van der Waals surface area contributed by atoms with Gasteiger partial charge in [0.05, 0.1) is 5.56 Å². The normalized spacial score (nSPS) is 9.89. The number of aromatic nitrogens is 3. The molecule has 0 aliphatic heterocycles. The summed E-state index contributed by atoms with van der Waals surface area (Å²) in [6, 6.07) is 4.51. The van der Waals surface area contributed by atoms with Gasteiger partial charge in [0.1, 0.15) is 0 Å². The van der Waals surface area contributed by atoms with E-state index >= 15 is 0 Å². The first-order chi connectivity index (χ1) is 9.25. The molecular weight excluding hydrogens is 246 g/mol. The molecule has 7 nitrogen and oxygen atoms in total. The molecule has 98 valence electrons. The summed E-state index contributed by atoms with van der Waals surface area (Å²) in [5.41, 5.74) is 0.176. The molecule has 2 rings (SSSR count). The monoisotopic (exact) mass is 259 g/mol. The van der Waals surface area contributed by atoms with E-state index in [9.17, 15) is 9.59 Å². The zero-order valence-electron chi connectivity index (χ0n) is 10.1. The van der Waals surface area contributed by atoms with E-state index < -0.39 is 0 Å². The molecule has 0 unspecified atom stereocenters. The summed E-state index contributed by atoms with van der Waals surface area (Å²) in [6.45, 7) is 0.940. The molecule has 0 saturated heterocycles. The van der Waals surface area contributed by atoms with Crippen molar-refractivity contribution in [3.05, 3.63) is 52.7 Å². The van der Waals surface area contributed by atoms with Gasteiger partial charge in [-0.3, -0.25) is 9.59 Å². The molecule has 2 heterocycles. The van der Waals surface area contributed by atoms with Crippen LogP contribution in [0.5, 0.6) is 0 Å². The van der Waals surface area contributed by atoms with Crippen LogP contribution in [-0.2, 0) is 0 Å². The van der Waals surface area contributed by atoms with Crippen LogP contribution < -0.4 is 16.2 Å². The molecule has 0 aromatic carbocycles. The number of anilines is 1. The van der Waals surface area contributed by atoms with Crippen LogP contribution in [0.2, 0.25) is 0 Å². The van der Waals surface area contributed by atoms with Crippen LogP contribution in [-0.4, -0.2) is 33.9 Å². The van der Waals surface area contributed by atoms with Crippen LogP contribution in [0.1, 0.15) is 10.4 Å². The van der Waals surface area contributed by atoms with Crippen LogP contribution in [0.25, 0.3) is 0 Å². The van der Waals surface area contributed by atoms with Gasteiger partial charge in [-0.2, -0.15) is 0 Å². The van der Waals surface area contributed by atoms with E-state index in [0.717, 1.165) is 0 Å². The van der Waals surface area contributed by atoms with E-state index in [0.29, 0.717) is 24.6 Å². The van der Waals surface area contributed by atoms with Gasteiger partial charge in [0.15, 0.2) is 0 Å². The maximum atomic E-state index is 11.7. The second kappa shape index (κ2) is 6.29. The number of hydrogen-bond donors (Lipinski definition) is 3. The molecule has 1 amide bonds. The summed E-state index contributed by atoms with van der Waals surface area (Å²) in [5.74, 6) is 0.271. The van der Waals surface area contributed by atoms with Crippen LogP contribution in [0.15, 0.2) is 41.6 Å². The minimum atomic E-state index is -0.243. The number of pyridine rings is 1. The predicted molar refractivity (Wildman–Crippen MR) is 69.9 cm³/mol. The number of amides is 1. The van der Waals surface area contributed by atoms with Gasteiger partial charge in [-0.25, -0.2) is 9.97 Å². The smallest absolute Gasteiger partial charge is 0.252 e. The van der Waals surface area contributed by atoms with Gasteiger partial charge < -0.3 is 15.6 Å². The summed E-state index contributed by atoms with van der Waals surface area (Å²) in [6.07, 6.45) is 4.65. The number of nitrogens with zero attached hydrogens (tertiary/aromatic N) is 2. The van der Waals surface area contributed by atoms with Crippen LogP contribution in [0.3, 0.4) is 0 Å². The molecule has 0 aliphatic carbocycles. The summed E-state index contributed by atoms with van der Waals surface area (Å²) in [5, 5.41) is 5.68. The number of rotatable bonds is 5. The van der Waals surface area contributed by atoms with Crippen molar-refractivity contribution in [3.8, 4) is 0 Å². The predicted octanol–water partition coefficient (Wildman–Crippen LogP) is 0.00680. The Balaban J connectivity index is 1.75. The molecule has 2 aromatic heterocycles. The van der Waals surface area contributed by atoms with E-state index in [4.69, 9.17) is 0 Å². The summed E-state index contributed by atoms with van der Waals surface area (Å²) in [4.78, 5) is 32.9. The summed E-state index contributed by atoms with van der Waals surface area (Å²) >= 11 is 0. The van der Waals surface area contributed by atoms with Gasteiger partial charge in [0.25, 0.3) is 5.91 Å². The first-order valence-electron chi connectivity index (χ1n) is 5.73. The van der Waals surface area contributed by atoms with E-state index in [1.54, 1.807) is 18.5 Å². The van der Waals surface area contributed by atoms with Gasteiger partial charge in [0, 0.05) is 37.7 Å². The van der Waals surface area contributed by atoms with Crippen molar-refractivity contribution in [1.29, 1.82) is 0 Å². The van der Waals surface area contributed by atoms with Crippen LogP contribution in [0, 0.1) is 0 Å². The topological polar surface area (TPSA) is 99.8 Å². The Hall–Kier alpha value is -2.70. The molecule has 0 bridgehead atoms. The number of hydrogen-bond acceptors (Lipinski definition) is 5. The maximum absolute atomic E-state index is 11.7. The van der Waals surface area contributed by atoms with Gasteiger partial charge >= 0.3 is 0 Å². The van der Waals surface area contributed by atoms with E-state index in [2.05, 4.69) is 25.6 Å². The molecule has 0 radical (unpaired) electrons. The standard InChI is InChI=1S/C12H13N5O2/c18-10-3-2-9(8-17-10)11(19)13-6-7-16-12-14-4-1-5-15-12/h1-5,8H,6-7H2,(H,13,19)(H,17,18)(H,14,15,16). The van der Waals surface area contributed by atoms with Crippen molar-refractivity contribution in [3.63, 3.8) is 0 Å². The number of aromatic amines is 1. The fraction of sp³-hybridized carbons (Fsp3) is 0.167. The first kappa shape index (κ1) is 12.7. The maximum Gasteiger partial charge on any atom is 0.252 e. The van der Waals surface area contributed by atoms with Gasteiger partial charge in [-0.15, -0.1) is 0 Å². The molecular formula is C12H13N5O2. The molecule has 0 saturated carbocycles. The largest absolute Gasteiger partial charge is 0.352 e. The van der Waals surface area contributed by atoms with E-state index in [-0.39, 0.29) is 11.5 Å². The van der Waals surface area contributed by atoms with Gasteiger partial charge in [-0.1, -0.05) is 0 Å². The highest BCUT2D eigenvalue weighted by Crippen LogP contribution is 1.93. The Morgan fingerprint density at radius 3 is 2.68 bits per heavy atom. The highest BCUT2D eigenvalue weighted by atomic mass is 16.1. The molecule has 0 fully saturated rings. The molecule has 0 spiro atoms. The van der Waals surface area contributed by atoms with Crippen molar-refractivity contribution >= 4 is 11.9 Å². The highest BCUT2D eigenvalue weighted by molar-refractivity contribution is 5.93. The van der Waals surface area contributed by atoms with Crippen LogP contribution >= 0.6 is 0 Å². The fourth-order valence-electron chi connectivity index (χ4n) is 1.39. The molecule has 3 N–H and O–H groups in total. The third-order valence-corrected chi connectivity index (χ3v) is 2.31. The van der Waals surface area contributed by atoms with E-state index in [1.807, 2.05) is 0 Å². The second-order valence-electron chi connectivity index (χ2n) is 3.70. The fourth-order valence-corrected chi connectivity index (χ4v) is 1.39. The Kier molecular flexibility index (Phi) is 4.22. The lowest BCUT2D eigenvalue weighted by atomic mass is 10.3. The zero-order valence-corrected chi connectivity index (χ0v) is 10.1. The highest BCUT2D eigenvalue weighted by Gasteiger charge is 2.03. The lowest BCUT2D eigenvalue weighted by molar-refractivity contribution is 0.0955. The molecule has 2 aromatic rings. The van der Waals surface area contributed by atoms with Crippen molar-refractivity contribution in [2.75, 3.05) is 18.4 Å². The van der Waals surface area contributed by atoms with Gasteiger partial charge in [0.2, 0.25) is 11.5 Å².